The van der Waals surface area contributed by atoms with Crippen molar-refractivity contribution in [1.82, 2.24) is 9.80 Å². The predicted molar refractivity (Wildman–Crippen MR) is 176 cm³/mol. The Morgan fingerprint density at radius 2 is 1.78 bits per heavy atom. The second-order valence-electron chi connectivity index (χ2n) is 12.8. The number of anilines is 1. The first-order valence-electron chi connectivity index (χ1n) is 15.8. The Bertz CT molecular complexity index is 1430. The van der Waals surface area contributed by atoms with Gasteiger partial charge in [-0.05, 0) is 61.9 Å². The van der Waals surface area contributed by atoms with Crippen molar-refractivity contribution in [2.75, 3.05) is 31.1 Å². The monoisotopic (exact) mass is 633 g/mol. The minimum atomic E-state index is -1.26. The van der Waals surface area contributed by atoms with Crippen LogP contribution in [-0.4, -0.2) is 82.2 Å². The average molecular weight is 634 g/mol. The van der Waals surface area contributed by atoms with Gasteiger partial charge in [-0.2, -0.15) is 0 Å². The Kier molecular flexibility index (Phi) is 9.59. The van der Waals surface area contributed by atoms with Crippen LogP contribution in [0.15, 0.2) is 79.9 Å². The smallest absolute Gasteiger partial charge is 0.253 e. The van der Waals surface area contributed by atoms with Gasteiger partial charge in [-0.15, -0.1) is 13.2 Å². The first-order valence-corrected chi connectivity index (χ1v) is 16.2. The number of ether oxygens (including phenoxy) is 1. The topological polar surface area (TPSA) is 90.4 Å². The standard InChI is InChI=1S/C36H44ClN3O5/c1-6-18-38(19-7-2)32(42)29-30-33(43)40(28(23-41)21-25-12-10-9-11-13-25)31(36(30)22-24(4)35(29,5)45-36)34(44)39(20-8-3)27-16-14-26(37)15-17-27/h6,8-17,24,28-31,41H,1,3,7,18-23H2,2,4-5H3/t24?,28-,29-,30+,31?,35+,36?/m1/s1. The highest BCUT2D eigenvalue weighted by molar-refractivity contribution is 6.30. The average Bonchev–Trinajstić information content (AvgIpc) is 3.55. The van der Waals surface area contributed by atoms with E-state index in [9.17, 15) is 19.5 Å². The van der Waals surface area contributed by atoms with Crippen molar-refractivity contribution in [3.63, 3.8) is 0 Å². The lowest BCUT2D eigenvalue weighted by molar-refractivity contribution is -0.153. The Morgan fingerprint density at radius 1 is 1.11 bits per heavy atom. The van der Waals surface area contributed by atoms with Crippen molar-refractivity contribution in [3.05, 3.63) is 90.5 Å². The number of rotatable bonds is 13. The van der Waals surface area contributed by atoms with E-state index in [0.29, 0.717) is 36.6 Å². The fourth-order valence-corrected chi connectivity index (χ4v) is 8.12. The molecule has 5 rings (SSSR count). The van der Waals surface area contributed by atoms with Crippen LogP contribution in [-0.2, 0) is 25.5 Å². The molecule has 2 aromatic rings. The molecule has 3 aliphatic heterocycles. The molecule has 0 aromatic heterocycles. The van der Waals surface area contributed by atoms with E-state index >= 15 is 0 Å². The predicted octanol–water partition coefficient (Wildman–Crippen LogP) is 4.90. The molecule has 3 heterocycles. The van der Waals surface area contributed by atoms with Crippen LogP contribution in [0.1, 0.15) is 39.2 Å². The number of likely N-dealkylation sites (tertiary alicyclic amines) is 1. The third-order valence-electron chi connectivity index (χ3n) is 10.0. The molecule has 0 radical (unpaired) electrons. The summed E-state index contributed by atoms with van der Waals surface area (Å²) in [7, 11) is 0. The number of aliphatic hydroxyl groups is 1. The third kappa shape index (κ3) is 5.51. The summed E-state index contributed by atoms with van der Waals surface area (Å²) in [4.78, 5) is 49.1. The maximum atomic E-state index is 15.0. The number of aliphatic hydroxyl groups excluding tert-OH is 1. The van der Waals surface area contributed by atoms with Crippen LogP contribution in [0.5, 0.6) is 0 Å². The quantitative estimate of drug-likeness (QED) is 0.317. The van der Waals surface area contributed by atoms with Crippen molar-refractivity contribution in [3.8, 4) is 0 Å². The molecule has 3 saturated heterocycles. The van der Waals surface area contributed by atoms with Crippen LogP contribution in [0, 0.1) is 17.8 Å². The number of halogens is 1. The van der Waals surface area contributed by atoms with Gasteiger partial charge in [0.15, 0.2) is 0 Å². The maximum Gasteiger partial charge on any atom is 0.253 e. The molecule has 0 saturated carbocycles. The minimum Gasteiger partial charge on any atom is -0.394 e. The molecule has 7 atom stereocenters. The molecule has 8 nitrogen and oxygen atoms in total. The van der Waals surface area contributed by atoms with Gasteiger partial charge in [-0.3, -0.25) is 14.4 Å². The van der Waals surface area contributed by atoms with Crippen molar-refractivity contribution in [1.29, 1.82) is 0 Å². The lowest BCUT2D eigenvalue weighted by Gasteiger charge is -2.39. The summed E-state index contributed by atoms with van der Waals surface area (Å²) in [6, 6.07) is 14.7. The summed E-state index contributed by atoms with van der Waals surface area (Å²) in [5.74, 6) is -2.63. The van der Waals surface area contributed by atoms with Gasteiger partial charge in [0.25, 0.3) is 5.91 Å². The number of nitrogens with zero attached hydrogens (tertiary/aromatic N) is 3. The first-order chi connectivity index (χ1) is 21.6. The minimum absolute atomic E-state index is 0.108. The fourth-order valence-electron chi connectivity index (χ4n) is 8.00. The van der Waals surface area contributed by atoms with E-state index in [1.54, 1.807) is 51.1 Å². The van der Waals surface area contributed by atoms with Gasteiger partial charge >= 0.3 is 0 Å². The van der Waals surface area contributed by atoms with Crippen molar-refractivity contribution in [2.24, 2.45) is 17.8 Å². The zero-order valence-electron chi connectivity index (χ0n) is 26.4. The molecule has 1 spiro atoms. The van der Waals surface area contributed by atoms with Gasteiger partial charge in [0.2, 0.25) is 11.8 Å². The number of hydrogen-bond acceptors (Lipinski definition) is 5. The molecule has 3 unspecified atom stereocenters. The Labute approximate surface area is 271 Å². The largest absolute Gasteiger partial charge is 0.394 e. The van der Waals surface area contributed by atoms with Crippen LogP contribution in [0.2, 0.25) is 5.02 Å². The van der Waals surface area contributed by atoms with Gasteiger partial charge in [0.1, 0.15) is 11.6 Å². The molecule has 3 fully saturated rings. The number of amides is 3. The van der Waals surface area contributed by atoms with Gasteiger partial charge < -0.3 is 24.5 Å². The molecule has 0 aliphatic carbocycles. The summed E-state index contributed by atoms with van der Waals surface area (Å²) >= 11 is 6.18. The molecule has 9 heteroatoms. The SMILES string of the molecule is C=CCN(CCC)C(=O)[C@H]1[C@H]2C(=O)N([C@@H](CO)Cc3ccccc3)C(C(=O)N(CC=C)c3ccc(Cl)cc3)C23CC(C)[C@]1(C)O3. The number of carbonyl (C=O) groups is 3. The normalized spacial score (nSPS) is 28.9. The number of benzene rings is 2. The van der Waals surface area contributed by atoms with Crippen molar-refractivity contribution in [2.45, 2.75) is 63.3 Å². The third-order valence-corrected chi connectivity index (χ3v) is 10.3. The number of hydrogen-bond donors (Lipinski definition) is 1. The number of carbonyl (C=O) groups excluding carboxylic acids is 3. The van der Waals surface area contributed by atoms with E-state index in [4.69, 9.17) is 16.3 Å². The number of fused-ring (bicyclic) bond motifs is 1. The Balaban J connectivity index is 1.66. The second-order valence-corrected chi connectivity index (χ2v) is 13.2. The van der Waals surface area contributed by atoms with Crippen LogP contribution < -0.4 is 4.90 Å². The molecular weight excluding hydrogens is 590 g/mol. The summed E-state index contributed by atoms with van der Waals surface area (Å²) in [6.45, 7) is 14.4. The van der Waals surface area contributed by atoms with Gasteiger partial charge in [0.05, 0.1) is 30.1 Å². The molecule has 3 aliphatic rings. The molecule has 3 amide bonds. The van der Waals surface area contributed by atoms with Crippen LogP contribution in [0.4, 0.5) is 5.69 Å². The van der Waals surface area contributed by atoms with Gasteiger partial charge in [-0.1, -0.05) is 67.9 Å². The lowest BCUT2D eigenvalue weighted by Crippen LogP contribution is -2.59. The van der Waals surface area contributed by atoms with E-state index in [1.807, 2.05) is 51.1 Å². The molecule has 2 aromatic carbocycles. The van der Waals surface area contributed by atoms with E-state index in [0.717, 1.165) is 12.0 Å². The fraction of sp³-hybridized carbons (Fsp3) is 0.472. The van der Waals surface area contributed by atoms with Crippen LogP contribution in [0.25, 0.3) is 0 Å². The zero-order valence-corrected chi connectivity index (χ0v) is 27.2. The zero-order chi connectivity index (χ0) is 32.5. The lowest BCUT2D eigenvalue weighted by atomic mass is 9.62. The second kappa shape index (κ2) is 13.1. The molecular formula is C36H44ClN3O5. The first kappa shape index (κ1) is 32.9. The Hall–Kier alpha value is -3.46. The summed E-state index contributed by atoms with van der Waals surface area (Å²) < 4.78 is 6.97. The highest BCUT2D eigenvalue weighted by Crippen LogP contribution is 2.66. The molecule has 240 valence electrons. The maximum absolute atomic E-state index is 15.0. The van der Waals surface area contributed by atoms with Crippen molar-refractivity contribution < 1.29 is 24.2 Å². The van der Waals surface area contributed by atoms with Crippen molar-refractivity contribution >= 4 is 35.0 Å². The molecule has 45 heavy (non-hydrogen) atoms. The Morgan fingerprint density at radius 3 is 2.38 bits per heavy atom. The van der Waals surface area contributed by atoms with Gasteiger partial charge in [0, 0.05) is 30.3 Å². The summed E-state index contributed by atoms with van der Waals surface area (Å²) in [6.07, 6.45) is 4.84. The summed E-state index contributed by atoms with van der Waals surface area (Å²) in [5.41, 5.74) is -0.693. The van der Waals surface area contributed by atoms with E-state index in [2.05, 4.69) is 13.2 Å². The van der Waals surface area contributed by atoms with E-state index < -0.39 is 35.1 Å². The van der Waals surface area contributed by atoms with Crippen LogP contribution >= 0.6 is 11.6 Å². The van der Waals surface area contributed by atoms with E-state index in [-0.39, 0.29) is 36.8 Å². The van der Waals surface area contributed by atoms with Gasteiger partial charge in [-0.25, -0.2) is 0 Å². The van der Waals surface area contributed by atoms with Crippen LogP contribution in [0.3, 0.4) is 0 Å². The highest BCUT2D eigenvalue weighted by Gasteiger charge is 2.80. The molecule has 1 N–H and O–H groups in total. The molecule has 2 bridgehead atoms. The summed E-state index contributed by atoms with van der Waals surface area (Å²) in [5, 5.41) is 11.3. The van der Waals surface area contributed by atoms with E-state index in [1.165, 1.54) is 0 Å². The highest BCUT2D eigenvalue weighted by atomic mass is 35.5.